The Balaban J connectivity index is 2.01. The summed E-state index contributed by atoms with van der Waals surface area (Å²) in [4.78, 5) is 45.4. The molecule has 1 saturated carbocycles. The van der Waals surface area contributed by atoms with Gasteiger partial charge in [-0.15, -0.1) is 0 Å². The lowest BCUT2D eigenvalue weighted by atomic mass is 9.68. The number of piperidine rings is 1. The molecular weight excluding hydrogens is 240 g/mol. The molecule has 7 heteroatoms. The molecule has 3 N–H and O–H groups in total. The molecule has 1 heterocycles. The van der Waals surface area contributed by atoms with E-state index in [4.69, 9.17) is 5.11 Å². The van der Waals surface area contributed by atoms with Crippen LogP contribution in [0.5, 0.6) is 0 Å². The summed E-state index contributed by atoms with van der Waals surface area (Å²) in [5.74, 6) is -2.73. The van der Waals surface area contributed by atoms with E-state index in [1.807, 2.05) is 0 Å². The average Bonchev–Trinajstić information content (AvgIpc) is 2.19. The summed E-state index contributed by atoms with van der Waals surface area (Å²) in [6, 6.07) is -0.813. The van der Waals surface area contributed by atoms with Crippen LogP contribution < -0.4 is 10.6 Å². The second kappa shape index (κ2) is 4.40. The van der Waals surface area contributed by atoms with Crippen LogP contribution in [0.25, 0.3) is 0 Å². The predicted molar refractivity (Wildman–Crippen MR) is 58.2 cm³/mol. The number of carboxylic acids is 1. The van der Waals surface area contributed by atoms with Crippen LogP contribution in [0.4, 0.5) is 0 Å². The van der Waals surface area contributed by atoms with Gasteiger partial charge >= 0.3 is 5.97 Å². The second-order valence-corrected chi connectivity index (χ2v) is 4.72. The van der Waals surface area contributed by atoms with E-state index in [0.29, 0.717) is 19.3 Å². The van der Waals surface area contributed by atoms with Crippen LogP contribution in [-0.2, 0) is 19.2 Å². The first kappa shape index (κ1) is 12.5. The van der Waals surface area contributed by atoms with Crippen LogP contribution in [0.1, 0.15) is 32.1 Å². The normalized spacial score (nSPS) is 25.9. The van der Waals surface area contributed by atoms with Crippen LogP contribution in [0.15, 0.2) is 0 Å². The van der Waals surface area contributed by atoms with E-state index in [0.717, 1.165) is 0 Å². The van der Waals surface area contributed by atoms with Crippen molar-refractivity contribution in [2.75, 3.05) is 0 Å². The van der Waals surface area contributed by atoms with Crippen molar-refractivity contribution in [1.29, 1.82) is 0 Å². The maximum atomic E-state index is 11.9. The number of aliphatic carboxylic acids is 1. The van der Waals surface area contributed by atoms with Gasteiger partial charge in [0, 0.05) is 6.42 Å². The van der Waals surface area contributed by atoms with E-state index in [1.54, 1.807) is 0 Å². The van der Waals surface area contributed by atoms with Gasteiger partial charge < -0.3 is 10.4 Å². The zero-order valence-electron chi connectivity index (χ0n) is 9.69. The molecular formula is C11H14N2O5. The first-order valence-electron chi connectivity index (χ1n) is 5.84. The fourth-order valence-electron chi connectivity index (χ4n) is 2.20. The lowest BCUT2D eigenvalue weighted by Gasteiger charge is -2.37. The molecule has 1 unspecified atom stereocenters. The lowest BCUT2D eigenvalue weighted by molar-refractivity contribution is -0.163. The van der Waals surface area contributed by atoms with E-state index in [9.17, 15) is 19.2 Å². The van der Waals surface area contributed by atoms with E-state index < -0.39 is 29.2 Å². The molecule has 0 spiro atoms. The molecule has 1 aliphatic carbocycles. The summed E-state index contributed by atoms with van der Waals surface area (Å²) in [5.41, 5.74) is -1.39. The molecule has 1 saturated heterocycles. The van der Waals surface area contributed by atoms with Crippen molar-refractivity contribution in [3.05, 3.63) is 0 Å². The topological polar surface area (TPSA) is 113 Å². The molecule has 2 rings (SSSR count). The maximum absolute atomic E-state index is 11.9. The van der Waals surface area contributed by atoms with Gasteiger partial charge in [0.15, 0.2) is 0 Å². The zero-order valence-corrected chi connectivity index (χ0v) is 9.69. The van der Waals surface area contributed by atoms with Gasteiger partial charge in [0.25, 0.3) is 0 Å². The molecule has 7 nitrogen and oxygen atoms in total. The third-order valence-corrected chi connectivity index (χ3v) is 3.60. The van der Waals surface area contributed by atoms with Crippen LogP contribution in [0, 0.1) is 5.41 Å². The fraction of sp³-hybridized carbons (Fsp3) is 0.636. The van der Waals surface area contributed by atoms with E-state index in [1.165, 1.54) is 0 Å². The Labute approximate surface area is 103 Å². The Bertz CT molecular complexity index is 427. The Hall–Kier alpha value is -1.92. The summed E-state index contributed by atoms with van der Waals surface area (Å²) in [5, 5.41) is 13.6. The molecule has 1 aliphatic heterocycles. The minimum atomic E-state index is -1.39. The Morgan fingerprint density at radius 3 is 2.44 bits per heavy atom. The average molecular weight is 254 g/mol. The van der Waals surface area contributed by atoms with E-state index in [2.05, 4.69) is 10.6 Å². The van der Waals surface area contributed by atoms with Gasteiger partial charge in [-0.3, -0.25) is 24.5 Å². The third kappa shape index (κ3) is 1.96. The molecule has 0 aromatic heterocycles. The van der Waals surface area contributed by atoms with Crippen molar-refractivity contribution in [2.45, 2.75) is 38.1 Å². The largest absolute Gasteiger partial charge is 0.480 e. The van der Waals surface area contributed by atoms with Crippen molar-refractivity contribution in [3.63, 3.8) is 0 Å². The van der Waals surface area contributed by atoms with Gasteiger partial charge in [0.2, 0.25) is 17.7 Å². The molecule has 3 amide bonds. The van der Waals surface area contributed by atoms with Gasteiger partial charge in [-0.1, -0.05) is 6.42 Å². The number of hydrogen-bond acceptors (Lipinski definition) is 4. The number of carbonyl (C=O) groups is 4. The standard InChI is InChI=1S/C11H14N2O5/c14-7-3-2-6(8(15)13-7)12-9(16)11(10(17)18)4-1-5-11/h6H,1-5H2,(H,12,16)(H,17,18)(H,13,14,15). The highest BCUT2D eigenvalue weighted by molar-refractivity contribution is 6.06. The second-order valence-electron chi connectivity index (χ2n) is 4.72. The number of amides is 3. The minimum absolute atomic E-state index is 0.150. The summed E-state index contributed by atoms with van der Waals surface area (Å²) in [6.45, 7) is 0. The van der Waals surface area contributed by atoms with Crippen LogP contribution in [0.3, 0.4) is 0 Å². The smallest absolute Gasteiger partial charge is 0.319 e. The first-order chi connectivity index (χ1) is 8.45. The fourth-order valence-corrected chi connectivity index (χ4v) is 2.20. The van der Waals surface area contributed by atoms with Gasteiger partial charge in [0.1, 0.15) is 11.5 Å². The van der Waals surface area contributed by atoms with Crippen molar-refractivity contribution in [3.8, 4) is 0 Å². The van der Waals surface area contributed by atoms with Crippen molar-refractivity contribution in [1.82, 2.24) is 10.6 Å². The lowest BCUT2D eigenvalue weighted by Crippen LogP contribution is -2.58. The molecule has 0 aromatic rings. The highest BCUT2D eigenvalue weighted by Gasteiger charge is 2.52. The van der Waals surface area contributed by atoms with Crippen LogP contribution >= 0.6 is 0 Å². The number of nitrogens with one attached hydrogen (secondary N) is 2. The minimum Gasteiger partial charge on any atom is -0.480 e. The maximum Gasteiger partial charge on any atom is 0.319 e. The molecule has 0 aromatic carbocycles. The SMILES string of the molecule is O=C1CCC(NC(=O)C2(C(=O)O)CCC2)C(=O)N1. The van der Waals surface area contributed by atoms with Crippen molar-refractivity contribution < 1.29 is 24.3 Å². The number of hydrogen-bond donors (Lipinski definition) is 3. The summed E-state index contributed by atoms with van der Waals surface area (Å²) in [7, 11) is 0. The van der Waals surface area contributed by atoms with Crippen LogP contribution in [-0.4, -0.2) is 34.8 Å². The predicted octanol–water partition coefficient (Wildman–Crippen LogP) is -0.837. The van der Waals surface area contributed by atoms with E-state index in [-0.39, 0.29) is 18.7 Å². The van der Waals surface area contributed by atoms with Crippen molar-refractivity contribution in [2.24, 2.45) is 5.41 Å². The molecule has 0 bridgehead atoms. The van der Waals surface area contributed by atoms with E-state index >= 15 is 0 Å². The van der Waals surface area contributed by atoms with Gasteiger partial charge in [-0.05, 0) is 19.3 Å². The van der Waals surface area contributed by atoms with Gasteiger partial charge in [0.05, 0.1) is 0 Å². The monoisotopic (exact) mass is 254 g/mol. The third-order valence-electron chi connectivity index (χ3n) is 3.60. The first-order valence-corrected chi connectivity index (χ1v) is 5.84. The Morgan fingerprint density at radius 1 is 1.33 bits per heavy atom. The zero-order chi connectivity index (χ0) is 13.3. The number of carboxylic acid groups (broad SMARTS) is 1. The molecule has 18 heavy (non-hydrogen) atoms. The Morgan fingerprint density at radius 2 is 2.00 bits per heavy atom. The molecule has 2 aliphatic rings. The summed E-state index contributed by atoms with van der Waals surface area (Å²) >= 11 is 0. The Kier molecular flexibility index (Phi) is 3.06. The van der Waals surface area contributed by atoms with Gasteiger partial charge in [-0.2, -0.15) is 0 Å². The molecule has 98 valence electrons. The highest BCUT2D eigenvalue weighted by Crippen LogP contribution is 2.41. The molecule has 2 fully saturated rings. The number of imide groups is 1. The van der Waals surface area contributed by atoms with Crippen LogP contribution in [0.2, 0.25) is 0 Å². The number of carbonyl (C=O) groups excluding carboxylic acids is 3. The number of rotatable bonds is 3. The summed E-state index contributed by atoms with van der Waals surface area (Å²) in [6.07, 6.45) is 1.64. The molecule has 1 atom stereocenters. The molecule has 0 radical (unpaired) electrons. The summed E-state index contributed by atoms with van der Waals surface area (Å²) < 4.78 is 0. The van der Waals surface area contributed by atoms with Gasteiger partial charge in [-0.25, -0.2) is 0 Å². The van der Waals surface area contributed by atoms with Crippen molar-refractivity contribution >= 4 is 23.7 Å². The quantitative estimate of drug-likeness (QED) is 0.449. The highest BCUT2D eigenvalue weighted by atomic mass is 16.4.